The standard InChI is InChI=1S/C16H34N2S/c1-5-9-16(14-19,10-6-2)13-18-11-7-8-15(18)12-17(3)4/h15,19H,5-14H2,1-4H3. The van der Waals surface area contributed by atoms with E-state index in [1.807, 2.05) is 0 Å². The molecule has 0 aromatic rings. The number of rotatable bonds is 9. The van der Waals surface area contributed by atoms with Gasteiger partial charge in [0.1, 0.15) is 0 Å². The summed E-state index contributed by atoms with van der Waals surface area (Å²) in [5.41, 5.74) is 0.446. The van der Waals surface area contributed by atoms with E-state index in [0.717, 1.165) is 11.8 Å². The molecule has 0 amide bonds. The zero-order valence-corrected chi connectivity index (χ0v) is 14.4. The minimum atomic E-state index is 0.446. The topological polar surface area (TPSA) is 6.48 Å². The lowest BCUT2D eigenvalue weighted by atomic mass is 9.80. The maximum atomic E-state index is 4.70. The molecule has 0 aromatic heterocycles. The molecule has 1 heterocycles. The molecule has 0 radical (unpaired) electrons. The number of likely N-dealkylation sites (N-methyl/N-ethyl adjacent to an activating group) is 1. The Hall–Kier alpha value is 0.270. The first-order valence-electron chi connectivity index (χ1n) is 8.06. The van der Waals surface area contributed by atoms with E-state index < -0.39 is 0 Å². The zero-order valence-electron chi connectivity index (χ0n) is 13.5. The third kappa shape index (κ3) is 5.28. The van der Waals surface area contributed by atoms with Crippen molar-refractivity contribution in [2.24, 2.45) is 5.41 Å². The Morgan fingerprint density at radius 2 is 1.84 bits per heavy atom. The number of hydrogen-bond acceptors (Lipinski definition) is 3. The van der Waals surface area contributed by atoms with Gasteiger partial charge in [-0.15, -0.1) is 0 Å². The monoisotopic (exact) mass is 286 g/mol. The van der Waals surface area contributed by atoms with E-state index in [0.29, 0.717) is 5.41 Å². The summed E-state index contributed by atoms with van der Waals surface area (Å²) in [6.07, 6.45) is 7.98. The third-order valence-corrected chi connectivity index (χ3v) is 5.18. The van der Waals surface area contributed by atoms with Gasteiger partial charge in [-0.25, -0.2) is 0 Å². The van der Waals surface area contributed by atoms with Gasteiger partial charge in [-0.1, -0.05) is 26.7 Å². The van der Waals surface area contributed by atoms with Gasteiger partial charge in [-0.05, 0) is 57.5 Å². The Kier molecular flexibility index (Phi) is 7.78. The summed E-state index contributed by atoms with van der Waals surface area (Å²) in [6.45, 7) is 8.39. The molecule has 1 rings (SSSR count). The fraction of sp³-hybridized carbons (Fsp3) is 1.00. The molecule has 1 unspecified atom stereocenters. The summed E-state index contributed by atoms with van der Waals surface area (Å²) in [5.74, 6) is 1.04. The van der Waals surface area contributed by atoms with E-state index in [4.69, 9.17) is 12.6 Å². The van der Waals surface area contributed by atoms with Crippen molar-refractivity contribution in [3.05, 3.63) is 0 Å². The van der Waals surface area contributed by atoms with Gasteiger partial charge in [-0.2, -0.15) is 12.6 Å². The number of thiol groups is 1. The van der Waals surface area contributed by atoms with Crippen LogP contribution in [0.25, 0.3) is 0 Å². The smallest absolute Gasteiger partial charge is 0.0223 e. The molecule has 0 N–H and O–H groups in total. The summed E-state index contributed by atoms with van der Waals surface area (Å²) < 4.78 is 0. The molecule has 1 atom stereocenters. The highest BCUT2D eigenvalue weighted by Crippen LogP contribution is 2.34. The zero-order chi connectivity index (χ0) is 14.3. The van der Waals surface area contributed by atoms with Crippen molar-refractivity contribution in [1.29, 1.82) is 0 Å². The quantitative estimate of drug-likeness (QED) is 0.648. The normalized spacial score (nSPS) is 21.5. The van der Waals surface area contributed by atoms with Crippen molar-refractivity contribution in [2.75, 3.05) is 39.5 Å². The fourth-order valence-corrected chi connectivity index (χ4v) is 4.13. The fourth-order valence-electron chi connectivity index (χ4n) is 3.71. The van der Waals surface area contributed by atoms with Crippen LogP contribution in [0.5, 0.6) is 0 Å². The van der Waals surface area contributed by atoms with E-state index in [-0.39, 0.29) is 0 Å². The van der Waals surface area contributed by atoms with Gasteiger partial charge < -0.3 is 4.90 Å². The highest BCUT2D eigenvalue weighted by molar-refractivity contribution is 7.80. The summed E-state index contributed by atoms with van der Waals surface area (Å²) >= 11 is 4.70. The van der Waals surface area contributed by atoms with Crippen LogP contribution in [-0.4, -0.2) is 55.3 Å². The van der Waals surface area contributed by atoms with Gasteiger partial charge in [0.25, 0.3) is 0 Å². The van der Waals surface area contributed by atoms with E-state index in [1.54, 1.807) is 0 Å². The van der Waals surface area contributed by atoms with Crippen LogP contribution in [0, 0.1) is 5.41 Å². The Morgan fingerprint density at radius 3 is 2.32 bits per heavy atom. The predicted molar refractivity (Wildman–Crippen MR) is 89.3 cm³/mol. The lowest BCUT2D eigenvalue weighted by Gasteiger charge is -2.39. The average molecular weight is 287 g/mol. The molecule has 3 heteroatoms. The maximum Gasteiger partial charge on any atom is 0.0223 e. The van der Waals surface area contributed by atoms with Gasteiger partial charge in [0, 0.05) is 19.1 Å². The molecule has 0 bridgehead atoms. The summed E-state index contributed by atoms with van der Waals surface area (Å²) in [4.78, 5) is 5.09. The number of nitrogens with zero attached hydrogens (tertiary/aromatic N) is 2. The molecule has 1 aliphatic rings. The Morgan fingerprint density at radius 1 is 1.21 bits per heavy atom. The molecule has 1 saturated heterocycles. The molecule has 114 valence electrons. The highest BCUT2D eigenvalue weighted by Gasteiger charge is 2.34. The molecular formula is C16H34N2S. The van der Waals surface area contributed by atoms with Crippen LogP contribution in [0.2, 0.25) is 0 Å². The van der Waals surface area contributed by atoms with Gasteiger partial charge in [0.2, 0.25) is 0 Å². The lowest BCUT2D eigenvalue weighted by Crippen LogP contribution is -2.45. The van der Waals surface area contributed by atoms with E-state index in [1.165, 1.54) is 58.2 Å². The molecule has 0 saturated carbocycles. The maximum absolute atomic E-state index is 4.70. The van der Waals surface area contributed by atoms with Crippen LogP contribution in [0.1, 0.15) is 52.4 Å². The molecule has 0 aliphatic carbocycles. The second-order valence-corrected chi connectivity index (χ2v) is 7.00. The first kappa shape index (κ1) is 17.3. The van der Waals surface area contributed by atoms with Gasteiger partial charge in [-0.3, -0.25) is 4.90 Å². The van der Waals surface area contributed by atoms with Crippen molar-refractivity contribution in [2.45, 2.75) is 58.4 Å². The van der Waals surface area contributed by atoms with Gasteiger partial charge in [0.15, 0.2) is 0 Å². The Balaban J connectivity index is 2.65. The van der Waals surface area contributed by atoms with Crippen molar-refractivity contribution >= 4 is 12.6 Å². The Bertz CT molecular complexity index is 237. The van der Waals surface area contributed by atoms with Crippen LogP contribution < -0.4 is 0 Å². The predicted octanol–water partition coefficient (Wildman–Crippen LogP) is 3.53. The van der Waals surface area contributed by atoms with Crippen molar-refractivity contribution in [3.63, 3.8) is 0 Å². The Labute approximate surface area is 126 Å². The van der Waals surface area contributed by atoms with Crippen LogP contribution in [-0.2, 0) is 0 Å². The first-order chi connectivity index (χ1) is 9.06. The minimum Gasteiger partial charge on any atom is -0.308 e. The SMILES string of the molecule is CCCC(CS)(CCC)CN1CCCC1CN(C)C. The highest BCUT2D eigenvalue weighted by atomic mass is 32.1. The summed E-state index contributed by atoms with van der Waals surface area (Å²) in [7, 11) is 4.39. The van der Waals surface area contributed by atoms with E-state index in [2.05, 4.69) is 37.7 Å². The van der Waals surface area contributed by atoms with Gasteiger partial charge in [0.05, 0.1) is 0 Å². The van der Waals surface area contributed by atoms with Crippen LogP contribution in [0.4, 0.5) is 0 Å². The van der Waals surface area contributed by atoms with E-state index >= 15 is 0 Å². The molecule has 1 fully saturated rings. The van der Waals surface area contributed by atoms with E-state index in [9.17, 15) is 0 Å². The third-order valence-electron chi connectivity index (χ3n) is 4.51. The lowest BCUT2D eigenvalue weighted by molar-refractivity contribution is 0.122. The van der Waals surface area contributed by atoms with Gasteiger partial charge >= 0.3 is 0 Å². The summed E-state index contributed by atoms with van der Waals surface area (Å²) in [6, 6.07) is 0.767. The molecule has 0 aromatic carbocycles. The molecule has 2 nitrogen and oxygen atoms in total. The van der Waals surface area contributed by atoms with Crippen molar-refractivity contribution < 1.29 is 0 Å². The minimum absolute atomic E-state index is 0.446. The molecule has 19 heavy (non-hydrogen) atoms. The largest absolute Gasteiger partial charge is 0.308 e. The first-order valence-corrected chi connectivity index (χ1v) is 8.69. The number of hydrogen-bond donors (Lipinski definition) is 1. The second kappa shape index (κ2) is 8.53. The van der Waals surface area contributed by atoms with Crippen LogP contribution in [0.3, 0.4) is 0 Å². The molecular weight excluding hydrogens is 252 g/mol. The van der Waals surface area contributed by atoms with Crippen molar-refractivity contribution in [1.82, 2.24) is 9.80 Å². The van der Waals surface area contributed by atoms with Crippen LogP contribution >= 0.6 is 12.6 Å². The average Bonchev–Trinajstić information content (AvgIpc) is 2.76. The van der Waals surface area contributed by atoms with Crippen LogP contribution in [0.15, 0.2) is 0 Å². The second-order valence-electron chi connectivity index (χ2n) is 6.69. The molecule has 0 spiro atoms. The summed E-state index contributed by atoms with van der Waals surface area (Å²) in [5, 5.41) is 0. The van der Waals surface area contributed by atoms with Crippen molar-refractivity contribution in [3.8, 4) is 0 Å². The molecule has 1 aliphatic heterocycles. The number of likely N-dealkylation sites (tertiary alicyclic amines) is 1.